The maximum Gasteiger partial charge on any atom is 0.341 e. The van der Waals surface area contributed by atoms with Crippen molar-refractivity contribution in [3.8, 4) is 23.0 Å². The third kappa shape index (κ3) is 8.82. The largest absolute Gasteiger partial charge is 0.497 e. The van der Waals surface area contributed by atoms with Gasteiger partial charge in [0, 0.05) is 23.6 Å². The molecule has 0 saturated heterocycles. The molecule has 1 aliphatic rings. The SMILES string of the molecule is CCCCCC(OCOn1cncc1/C(=C(\Cc1ccc2c(c1)OCO2)C(=O)O)c1ccc(OC)cc1OCC(=O)O)[Si](C)(C)C. The molecule has 2 N–H and O–H groups in total. The van der Waals surface area contributed by atoms with Crippen molar-refractivity contribution in [2.75, 3.05) is 27.3 Å². The molecule has 248 valence electrons. The molecule has 2 heterocycles. The number of aromatic nitrogens is 2. The van der Waals surface area contributed by atoms with Crippen molar-refractivity contribution < 1.29 is 48.3 Å². The van der Waals surface area contributed by atoms with Crippen molar-refractivity contribution in [2.24, 2.45) is 0 Å². The summed E-state index contributed by atoms with van der Waals surface area (Å²) in [5, 5.41) is 20.0. The maximum atomic E-state index is 13.0. The first-order valence-corrected chi connectivity index (χ1v) is 18.7. The van der Waals surface area contributed by atoms with E-state index in [0.717, 1.165) is 25.7 Å². The first-order chi connectivity index (χ1) is 22.0. The highest BCUT2D eigenvalue weighted by molar-refractivity contribution is 6.77. The highest BCUT2D eigenvalue weighted by Crippen LogP contribution is 2.38. The Labute approximate surface area is 269 Å². The number of hydrogen-bond donors (Lipinski definition) is 2. The van der Waals surface area contributed by atoms with E-state index in [2.05, 4.69) is 31.5 Å². The van der Waals surface area contributed by atoms with Crippen LogP contribution in [0.2, 0.25) is 19.6 Å². The van der Waals surface area contributed by atoms with Gasteiger partial charge in [0.2, 0.25) is 13.6 Å². The molecule has 4 rings (SSSR count). The molecule has 1 aromatic heterocycles. The van der Waals surface area contributed by atoms with Gasteiger partial charge in [0.25, 0.3) is 0 Å². The Kier molecular flexibility index (Phi) is 11.7. The summed E-state index contributed by atoms with van der Waals surface area (Å²) in [5.74, 6) is -0.803. The summed E-state index contributed by atoms with van der Waals surface area (Å²) in [6.45, 7) is 8.28. The molecule has 0 saturated carbocycles. The Morgan fingerprint density at radius 2 is 1.85 bits per heavy atom. The molecular weight excluding hydrogens is 612 g/mol. The molecule has 0 radical (unpaired) electrons. The first-order valence-electron chi connectivity index (χ1n) is 15.2. The fourth-order valence-electron chi connectivity index (χ4n) is 5.15. The number of ether oxygens (including phenoxy) is 5. The number of benzene rings is 2. The zero-order chi connectivity index (χ0) is 33.3. The van der Waals surface area contributed by atoms with Crippen LogP contribution in [0.1, 0.15) is 49.4 Å². The summed E-state index contributed by atoms with van der Waals surface area (Å²) in [6, 6.07) is 10.00. The Bertz CT molecular complexity index is 1550. The highest BCUT2D eigenvalue weighted by atomic mass is 28.3. The second kappa shape index (κ2) is 15.7. The molecule has 0 spiro atoms. The molecule has 0 amide bonds. The minimum absolute atomic E-state index is 0.0185. The molecule has 2 aromatic carbocycles. The standard InChI is InChI=1S/C33H42N2O10Si/c1-6-7-8-9-31(46(3,4)5)44-21-45-35-19-34-17-26(35)32(24-12-11-23(40-2)16-28(24)41-18-30(36)37)25(33(38)39)14-22-10-13-27-29(15-22)43-20-42-27/h10-13,15-17,19,31H,6-9,14,18,20-21H2,1-5H3,(H,36,37)(H,38,39)/b32-25+. The van der Waals surface area contributed by atoms with E-state index in [4.69, 9.17) is 28.5 Å². The van der Waals surface area contributed by atoms with Gasteiger partial charge in [0.15, 0.2) is 18.1 Å². The summed E-state index contributed by atoms with van der Waals surface area (Å²) in [4.78, 5) is 34.8. The maximum absolute atomic E-state index is 13.0. The van der Waals surface area contributed by atoms with Crippen LogP contribution in [0.25, 0.3) is 5.57 Å². The molecule has 1 unspecified atom stereocenters. The lowest BCUT2D eigenvalue weighted by Crippen LogP contribution is -2.41. The minimum atomic E-state index is -1.68. The predicted molar refractivity (Wildman–Crippen MR) is 172 cm³/mol. The average Bonchev–Trinajstić information content (AvgIpc) is 3.68. The van der Waals surface area contributed by atoms with Crippen LogP contribution in [0, 0.1) is 0 Å². The van der Waals surface area contributed by atoms with Crippen LogP contribution >= 0.6 is 0 Å². The van der Waals surface area contributed by atoms with Gasteiger partial charge in [-0.1, -0.05) is 51.9 Å². The number of imidazole rings is 1. The number of unbranched alkanes of at least 4 members (excludes halogenated alkanes) is 2. The van der Waals surface area contributed by atoms with Gasteiger partial charge in [-0.15, -0.1) is 0 Å². The Morgan fingerprint density at radius 1 is 1.07 bits per heavy atom. The molecule has 46 heavy (non-hydrogen) atoms. The summed E-state index contributed by atoms with van der Waals surface area (Å²) >= 11 is 0. The van der Waals surface area contributed by atoms with Crippen LogP contribution in [0.4, 0.5) is 0 Å². The molecule has 12 nitrogen and oxygen atoms in total. The second-order valence-electron chi connectivity index (χ2n) is 11.9. The molecule has 0 bridgehead atoms. The lowest BCUT2D eigenvalue weighted by Gasteiger charge is -2.29. The van der Waals surface area contributed by atoms with Crippen molar-refractivity contribution in [3.63, 3.8) is 0 Å². The van der Waals surface area contributed by atoms with Gasteiger partial charge < -0.3 is 38.7 Å². The van der Waals surface area contributed by atoms with Gasteiger partial charge in [-0.05, 0) is 36.2 Å². The number of methoxy groups -OCH3 is 1. The Hall–Kier alpha value is -4.49. The number of carboxylic acid groups (broad SMARTS) is 2. The van der Waals surface area contributed by atoms with Gasteiger partial charge in [-0.3, -0.25) is 0 Å². The molecular formula is C33H42N2O10Si. The van der Waals surface area contributed by atoms with E-state index in [1.54, 1.807) is 30.3 Å². The molecule has 1 aliphatic heterocycles. The van der Waals surface area contributed by atoms with Crippen molar-refractivity contribution in [1.82, 2.24) is 9.71 Å². The van der Waals surface area contributed by atoms with E-state index >= 15 is 0 Å². The van der Waals surface area contributed by atoms with Crippen LogP contribution < -0.4 is 23.8 Å². The van der Waals surface area contributed by atoms with Gasteiger partial charge >= 0.3 is 11.9 Å². The zero-order valence-corrected chi connectivity index (χ0v) is 27.9. The first kappa shape index (κ1) is 34.4. The smallest absolute Gasteiger partial charge is 0.341 e. The number of aliphatic carboxylic acids is 2. The summed E-state index contributed by atoms with van der Waals surface area (Å²) in [6.07, 6.45) is 7.13. The van der Waals surface area contributed by atoms with Gasteiger partial charge in [0.1, 0.15) is 23.5 Å². The number of fused-ring (bicyclic) bond motifs is 1. The van der Waals surface area contributed by atoms with Crippen molar-refractivity contribution in [2.45, 2.75) is 64.4 Å². The van der Waals surface area contributed by atoms with Crippen molar-refractivity contribution in [3.05, 3.63) is 71.3 Å². The number of carbonyl (C=O) groups is 2. The summed E-state index contributed by atoms with van der Waals surface area (Å²) in [5.41, 5.74) is 1.54. The minimum Gasteiger partial charge on any atom is -0.497 e. The molecule has 0 fully saturated rings. The Balaban J connectivity index is 1.78. The van der Waals surface area contributed by atoms with Crippen LogP contribution in [-0.2, 0) is 20.7 Å². The van der Waals surface area contributed by atoms with Gasteiger partial charge in [0.05, 0.1) is 32.7 Å². The lowest BCUT2D eigenvalue weighted by molar-refractivity contribution is -0.139. The topological polar surface area (TPSA) is 148 Å². The van der Waals surface area contributed by atoms with Crippen molar-refractivity contribution in [1.29, 1.82) is 0 Å². The van der Waals surface area contributed by atoms with Crippen LogP contribution in [0.5, 0.6) is 23.0 Å². The van der Waals surface area contributed by atoms with Crippen LogP contribution in [-0.4, -0.2) is 73.0 Å². The van der Waals surface area contributed by atoms with Gasteiger partial charge in [-0.25, -0.2) is 14.6 Å². The van der Waals surface area contributed by atoms with E-state index in [9.17, 15) is 19.8 Å². The predicted octanol–water partition coefficient (Wildman–Crippen LogP) is 5.44. The normalized spacial score (nSPS) is 13.6. The number of hydrogen-bond acceptors (Lipinski definition) is 9. The van der Waals surface area contributed by atoms with Crippen molar-refractivity contribution >= 4 is 25.6 Å². The third-order valence-electron chi connectivity index (χ3n) is 7.55. The highest BCUT2D eigenvalue weighted by Gasteiger charge is 2.29. The van der Waals surface area contributed by atoms with E-state index in [1.807, 2.05) is 0 Å². The van der Waals surface area contributed by atoms with E-state index in [-0.39, 0.29) is 42.6 Å². The summed E-state index contributed by atoms with van der Waals surface area (Å²) in [7, 11) is -0.209. The van der Waals surface area contributed by atoms with Gasteiger partial charge in [-0.2, -0.15) is 4.73 Å². The number of rotatable bonds is 18. The lowest BCUT2D eigenvalue weighted by atomic mass is 9.92. The van der Waals surface area contributed by atoms with E-state index in [0.29, 0.717) is 34.1 Å². The van der Waals surface area contributed by atoms with Crippen LogP contribution in [0.15, 0.2) is 54.5 Å². The summed E-state index contributed by atoms with van der Waals surface area (Å²) < 4.78 is 29.6. The monoisotopic (exact) mass is 654 g/mol. The Morgan fingerprint density at radius 3 is 2.54 bits per heavy atom. The molecule has 0 aliphatic carbocycles. The quantitative estimate of drug-likeness (QED) is 0.0782. The molecule has 13 heteroatoms. The molecule has 3 aromatic rings. The average molecular weight is 655 g/mol. The van der Waals surface area contributed by atoms with E-state index < -0.39 is 26.6 Å². The van der Waals surface area contributed by atoms with Crippen LogP contribution in [0.3, 0.4) is 0 Å². The number of carboxylic acids is 2. The second-order valence-corrected chi connectivity index (χ2v) is 17.3. The fraction of sp³-hybridized carbons (Fsp3) is 0.424. The fourth-order valence-corrected chi connectivity index (χ4v) is 6.79. The van der Waals surface area contributed by atoms with E-state index in [1.165, 1.54) is 30.4 Å². The zero-order valence-electron chi connectivity index (χ0n) is 26.9. The third-order valence-corrected chi connectivity index (χ3v) is 9.93. The molecule has 1 atom stereocenters. The number of nitrogens with zero attached hydrogens (tertiary/aromatic N) is 2.